The van der Waals surface area contributed by atoms with E-state index in [0.29, 0.717) is 12.4 Å². The van der Waals surface area contributed by atoms with Crippen molar-refractivity contribution in [2.24, 2.45) is 0 Å². The molecule has 1 N–H and O–H groups in total. The van der Waals surface area contributed by atoms with Crippen LogP contribution in [0.25, 0.3) is 0 Å². The van der Waals surface area contributed by atoms with Crippen molar-refractivity contribution in [3.05, 3.63) is 64.7 Å². The summed E-state index contributed by atoms with van der Waals surface area (Å²) in [6.07, 6.45) is 0.876. The van der Waals surface area contributed by atoms with Crippen LogP contribution in [0.5, 0.6) is 5.75 Å². The highest BCUT2D eigenvalue weighted by Gasteiger charge is 2.30. The van der Waals surface area contributed by atoms with Gasteiger partial charge in [-0.15, -0.1) is 0 Å². The van der Waals surface area contributed by atoms with Gasteiger partial charge in [-0.1, -0.05) is 43.3 Å². The van der Waals surface area contributed by atoms with Crippen LogP contribution in [0.3, 0.4) is 0 Å². The molecule has 0 radical (unpaired) electrons. The zero-order chi connectivity index (χ0) is 14.1. The Bertz CT molecular complexity index is 661. The topological polar surface area (TPSA) is 46.5 Å². The van der Waals surface area contributed by atoms with Gasteiger partial charge in [0.15, 0.2) is 0 Å². The second-order valence-electron chi connectivity index (χ2n) is 4.98. The molecule has 1 aliphatic heterocycles. The molecule has 3 heteroatoms. The van der Waals surface area contributed by atoms with Gasteiger partial charge in [0.1, 0.15) is 18.3 Å². The highest BCUT2D eigenvalue weighted by atomic mass is 16.5. The van der Waals surface area contributed by atoms with E-state index in [1.54, 1.807) is 0 Å². The summed E-state index contributed by atoms with van der Waals surface area (Å²) in [7, 11) is 0. The molecule has 0 saturated heterocycles. The van der Waals surface area contributed by atoms with E-state index in [9.17, 15) is 9.90 Å². The first kappa shape index (κ1) is 12.7. The highest BCUT2D eigenvalue weighted by molar-refractivity contribution is 5.82. The Morgan fingerprint density at radius 1 is 1.25 bits per heavy atom. The van der Waals surface area contributed by atoms with Gasteiger partial charge >= 0.3 is 5.97 Å². The molecule has 2 aromatic carbocycles. The van der Waals surface area contributed by atoms with Crippen molar-refractivity contribution in [1.29, 1.82) is 0 Å². The molecule has 2 aromatic rings. The smallest absolute Gasteiger partial charge is 0.315 e. The number of hydrogen-bond acceptors (Lipinski definition) is 2. The minimum absolute atomic E-state index is 0.415. The molecule has 102 valence electrons. The number of carbonyl (C=O) groups is 1. The number of benzene rings is 2. The number of hydrogen-bond donors (Lipinski definition) is 1. The van der Waals surface area contributed by atoms with Gasteiger partial charge in [0.2, 0.25) is 0 Å². The maximum absolute atomic E-state index is 11.8. The summed E-state index contributed by atoms with van der Waals surface area (Å²) < 4.78 is 5.79. The summed E-state index contributed by atoms with van der Waals surface area (Å²) in [6, 6.07) is 13.4. The number of rotatable bonds is 2. The van der Waals surface area contributed by atoms with Crippen LogP contribution in [0, 0.1) is 0 Å². The zero-order valence-corrected chi connectivity index (χ0v) is 11.3. The normalized spacial score (nSPS) is 16.6. The third kappa shape index (κ3) is 2.05. The standard InChI is InChI=1S/C17H16O3/c1-2-11-7-8-15-14(9-11)16(17(18)19)13-6-4-3-5-12(13)10-20-15/h3-9,16H,2,10H2,1H3,(H,18,19)/t16-/m0/s1. The van der Waals surface area contributed by atoms with E-state index in [4.69, 9.17) is 4.74 Å². The van der Waals surface area contributed by atoms with Gasteiger partial charge in [0, 0.05) is 5.56 Å². The predicted octanol–water partition coefficient (Wildman–Crippen LogP) is 3.36. The van der Waals surface area contributed by atoms with E-state index in [1.165, 1.54) is 0 Å². The van der Waals surface area contributed by atoms with Crippen molar-refractivity contribution >= 4 is 5.97 Å². The Kier molecular flexibility index (Phi) is 3.18. The lowest BCUT2D eigenvalue weighted by Gasteiger charge is -2.15. The largest absolute Gasteiger partial charge is 0.489 e. The number of aliphatic carboxylic acids is 1. The average molecular weight is 268 g/mol. The van der Waals surface area contributed by atoms with Gasteiger partial charge in [0.25, 0.3) is 0 Å². The molecule has 0 amide bonds. The Hall–Kier alpha value is -2.29. The van der Waals surface area contributed by atoms with Gasteiger partial charge in [0.05, 0.1) is 0 Å². The van der Waals surface area contributed by atoms with E-state index in [-0.39, 0.29) is 0 Å². The maximum Gasteiger partial charge on any atom is 0.315 e. The third-order valence-corrected chi connectivity index (χ3v) is 3.79. The first-order valence-corrected chi connectivity index (χ1v) is 6.77. The fourth-order valence-corrected chi connectivity index (χ4v) is 2.71. The second-order valence-corrected chi connectivity index (χ2v) is 4.98. The van der Waals surface area contributed by atoms with Crippen LogP contribution in [0.4, 0.5) is 0 Å². The molecule has 3 rings (SSSR count). The summed E-state index contributed by atoms with van der Waals surface area (Å²) in [6.45, 7) is 2.47. The van der Waals surface area contributed by atoms with Gasteiger partial charge in [-0.3, -0.25) is 4.79 Å². The Labute approximate surface area is 117 Å². The number of fused-ring (bicyclic) bond motifs is 2. The number of carboxylic acid groups (broad SMARTS) is 1. The summed E-state index contributed by atoms with van der Waals surface area (Å²) in [5.41, 5.74) is 3.64. The van der Waals surface area contributed by atoms with Crippen molar-refractivity contribution in [3.8, 4) is 5.75 Å². The zero-order valence-electron chi connectivity index (χ0n) is 11.3. The maximum atomic E-state index is 11.8. The van der Waals surface area contributed by atoms with Crippen molar-refractivity contribution in [3.63, 3.8) is 0 Å². The summed E-state index contributed by atoms with van der Waals surface area (Å²) in [5, 5.41) is 9.66. The van der Waals surface area contributed by atoms with Gasteiger partial charge < -0.3 is 9.84 Å². The minimum atomic E-state index is -0.836. The van der Waals surface area contributed by atoms with Crippen LogP contribution in [-0.2, 0) is 17.8 Å². The first-order valence-electron chi connectivity index (χ1n) is 6.77. The van der Waals surface area contributed by atoms with E-state index in [0.717, 1.165) is 28.7 Å². The van der Waals surface area contributed by atoms with Crippen LogP contribution in [0.2, 0.25) is 0 Å². The van der Waals surface area contributed by atoms with Crippen molar-refractivity contribution in [1.82, 2.24) is 0 Å². The predicted molar refractivity (Wildman–Crippen MR) is 76.1 cm³/mol. The molecule has 3 nitrogen and oxygen atoms in total. The molecule has 0 fully saturated rings. The molecule has 0 bridgehead atoms. The average Bonchev–Trinajstić information content (AvgIpc) is 2.62. The lowest BCUT2D eigenvalue weighted by molar-refractivity contribution is -0.137. The van der Waals surface area contributed by atoms with E-state index < -0.39 is 11.9 Å². The molecule has 0 aliphatic carbocycles. The van der Waals surface area contributed by atoms with Crippen molar-refractivity contribution < 1.29 is 14.6 Å². The highest BCUT2D eigenvalue weighted by Crippen LogP contribution is 2.38. The Morgan fingerprint density at radius 2 is 2.05 bits per heavy atom. The summed E-state index contributed by atoms with van der Waals surface area (Å²) in [4.78, 5) is 11.8. The minimum Gasteiger partial charge on any atom is -0.489 e. The summed E-state index contributed by atoms with van der Waals surface area (Å²) in [5.74, 6) is -0.821. The van der Waals surface area contributed by atoms with Crippen LogP contribution in [0.1, 0.15) is 35.1 Å². The van der Waals surface area contributed by atoms with Crippen molar-refractivity contribution in [2.45, 2.75) is 25.9 Å². The molecule has 0 saturated carbocycles. The fraction of sp³-hybridized carbons (Fsp3) is 0.235. The van der Waals surface area contributed by atoms with E-state index in [2.05, 4.69) is 6.92 Å². The number of ether oxygens (including phenoxy) is 1. The first-order chi connectivity index (χ1) is 9.70. The quantitative estimate of drug-likeness (QED) is 0.908. The monoisotopic (exact) mass is 268 g/mol. The lowest BCUT2D eigenvalue weighted by atomic mass is 9.87. The van der Waals surface area contributed by atoms with E-state index in [1.807, 2.05) is 42.5 Å². The van der Waals surface area contributed by atoms with Crippen molar-refractivity contribution in [2.75, 3.05) is 0 Å². The van der Waals surface area contributed by atoms with Gasteiger partial charge in [-0.25, -0.2) is 0 Å². The number of aryl methyl sites for hydroxylation is 1. The third-order valence-electron chi connectivity index (χ3n) is 3.79. The Balaban J connectivity index is 2.22. The fourth-order valence-electron chi connectivity index (χ4n) is 2.71. The molecule has 0 spiro atoms. The van der Waals surface area contributed by atoms with E-state index >= 15 is 0 Å². The molecule has 20 heavy (non-hydrogen) atoms. The number of carboxylic acids is 1. The molecular formula is C17H16O3. The van der Waals surface area contributed by atoms with Crippen LogP contribution < -0.4 is 4.74 Å². The Morgan fingerprint density at radius 3 is 2.80 bits per heavy atom. The molecule has 0 unspecified atom stereocenters. The SMILES string of the molecule is CCc1ccc2c(c1)[C@@H](C(=O)O)c1ccccc1CO2. The van der Waals surface area contributed by atoms with Gasteiger partial charge in [-0.2, -0.15) is 0 Å². The summed E-state index contributed by atoms with van der Waals surface area (Å²) >= 11 is 0. The molecule has 1 aliphatic rings. The molecule has 1 atom stereocenters. The second kappa shape index (κ2) is 5.00. The lowest BCUT2D eigenvalue weighted by Crippen LogP contribution is -2.14. The molecular weight excluding hydrogens is 252 g/mol. The van der Waals surface area contributed by atoms with Crippen LogP contribution in [0.15, 0.2) is 42.5 Å². The van der Waals surface area contributed by atoms with Crippen LogP contribution in [-0.4, -0.2) is 11.1 Å². The molecule has 0 aromatic heterocycles. The van der Waals surface area contributed by atoms with Crippen LogP contribution >= 0.6 is 0 Å². The molecule has 1 heterocycles. The van der Waals surface area contributed by atoms with Gasteiger partial charge in [-0.05, 0) is 29.2 Å².